The van der Waals surface area contributed by atoms with Crippen LogP contribution < -0.4 is 5.32 Å². The van der Waals surface area contributed by atoms with Crippen molar-refractivity contribution in [3.05, 3.63) is 36.2 Å². The van der Waals surface area contributed by atoms with Crippen LogP contribution in [-0.4, -0.2) is 28.6 Å². The van der Waals surface area contributed by atoms with E-state index in [-0.39, 0.29) is 18.6 Å². The molecule has 0 saturated carbocycles. The Hall–Kier alpha value is -1.68. The van der Waals surface area contributed by atoms with Gasteiger partial charge in [-0.05, 0) is 30.0 Å². The van der Waals surface area contributed by atoms with E-state index in [2.05, 4.69) is 10.3 Å². The summed E-state index contributed by atoms with van der Waals surface area (Å²) < 4.78 is 0. The highest BCUT2D eigenvalue weighted by atomic mass is 16.3. The minimum atomic E-state index is -0.147. The number of aromatic nitrogens is 1. The molecule has 0 bridgehead atoms. The van der Waals surface area contributed by atoms with Crippen molar-refractivity contribution >= 4 is 12.0 Å². The second-order valence-electron chi connectivity index (χ2n) is 4.49. The smallest absolute Gasteiger partial charge is 0.244 e. The third-order valence-corrected chi connectivity index (χ3v) is 2.68. The predicted molar refractivity (Wildman–Crippen MR) is 71.7 cm³/mol. The Morgan fingerprint density at radius 2 is 2.33 bits per heavy atom. The second kappa shape index (κ2) is 7.61. The average Bonchev–Trinajstić information content (AvgIpc) is 2.37. The first-order chi connectivity index (χ1) is 8.63. The first kappa shape index (κ1) is 14.4. The molecule has 1 aromatic heterocycles. The maximum Gasteiger partial charge on any atom is 0.244 e. The van der Waals surface area contributed by atoms with E-state index < -0.39 is 0 Å². The number of aliphatic hydroxyl groups excluding tert-OH is 1. The summed E-state index contributed by atoms with van der Waals surface area (Å²) in [5.41, 5.74) is 0.885. The molecule has 1 atom stereocenters. The van der Waals surface area contributed by atoms with Crippen LogP contribution in [0.4, 0.5) is 0 Å². The molecule has 1 amide bonds. The lowest BCUT2D eigenvalue weighted by atomic mass is 10.0. The normalized spacial score (nSPS) is 12.9. The zero-order valence-corrected chi connectivity index (χ0v) is 10.8. The summed E-state index contributed by atoms with van der Waals surface area (Å²) in [6.07, 6.45) is 7.16. The van der Waals surface area contributed by atoms with Crippen LogP contribution in [0, 0.1) is 5.92 Å². The molecule has 0 aromatic carbocycles. The standard InChI is InChI=1S/C14H20N2O2/c1-11(2)13(7-9-17)16-14(18)6-5-12-4-3-8-15-10-12/h3-6,8,10-11,13,17H,7,9H2,1-2H3,(H,16,18)/b6-5+. The van der Waals surface area contributed by atoms with Crippen LogP contribution in [0.25, 0.3) is 6.08 Å². The second-order valence-corrected chi connectivity index (χ2v) is 4.49. The van der Waals surface area contributed by atoms with E-state index in [1.54, 1.807) is 18.5 Å². The summed E-state index contributed by atoms with van der Waals surface area (Å²) in [7, 11) is 0. The number of hydrogen-bond acceptors (Lipinski definition) is 3. The van der Waals surface area contributed by atoms with Gasteiger partial charge < -0.3 is 10.4 Å². The Labute approximate surface area is 108 Å². The molecule has 98 valence electrons. The first-order valence-electron chi connectivity index (χ1n) is 6.13. The molecule has 0 radical (unpaired) electrons. The molecule has 1 heterocycles. The molecule has 4 heteroatoms. The molecular formula is C14H20N2O2. The molecular weight excluding hydrogens is 228 g/mol. The molecule has 0 aliphatic rings. The Morgan fingerprint density at radius 1 is 1.56 bits per heavy atom. The Bertz CT molecular complexity index is 388. The fourth-order valence-electron chi connectivity index (χ4n) is 1.59. The fourth-order valence-corrected chi connectivity index (χ4v) is 1.59. The Balaban J connectivity index is 2.52. The molecule has 0 fully saturated rings. The van der Waals surface area contributed by atoms with Crippen LogP contribution in [0.1, 0.15) is 25.8 Å². The third kappa shape index (κ3) is 5.10. The molecule has 2 N–H and O–H groups in total. The lowest BCUT2D eigenvalue weighted by Crippen LogP contribution is -2.38. The van der Waals surface area contributed by atoms with Crippen molar-refractivity contribution in [1.29, 1.82) is 0 Å². The van der Waals surface area contributed by atoms with Gasteiger partial charge in [0.2, 0.25) is 5.91 Å². The number of aliphatic hydroxyl groups is 1. The van der Waals surface area contributed by atoms with Gasteiger partial charge in [0.15, 0.2) is 0 Å². The molecule has 0 saturated heterocycles. The third-order valence-electron chi connectivity index (χ3n) is 2.68. The van der Waals surface area contributed by atoms with Crippen LogP contribution in [0.15, 0.2) is 30.6 Å². The van der Waals surface area contributed by atoms with E-state index >= 15 is 0 Å². The molecule has 0 aliphatic heterocycles. The van der Waals surface area contributed by atoms with Crippen molar-refractivity contribution in [2.75, 3.05) is 6.61 Å². The molecule has 1 unspecified atom stereocenters. The number of pyridine rings is 1. The summed E-state index contributed by atoms with van der Waals surface area (Å²) in [4.78, 5) is 15.7. The largest absolute Gasteiger partial charge is 0.396 e. The fraction of sp³-hybridized carbons (Fsp3) is 0.429. The van der Waals surface area contributed by atoms with Crippen molar-refractivity contribution in [1.82, 2.24) is 10.3 Å². The predicted octanol–water partition coefficient (Wildman–Crippen LogP) is 1.62. The van der Waals surface area contributed by atoms with Crippen molar-refractivity contribution in [2.45, 2.75) is 26.3 Å². The van der Waals surface area contributed by atoms with Gasteiger partial charge in [-0.3, -0.25) is 9.78 Å². The summed E-state index contributed by atoms with van der Waals surface area (Å²) in [5.74, 6) is 0.152. The van der Waals surface area contributed by atoms with Crippen molar-refractivity contribution in [2.24, 2.45) is 5.92 Å². The Morgan fingerprint density at radius 3 is 2.89 bits per heavy atom. The van der Waals surface area contributed by atoms with Gasteiger partial charge in [0.05, 0.1) is 0 Å². The highest BCUT2D eigenvalue weighted by Gasteiger charge is 2.13. The number of nitrogens with one attached hydrogen (secondary N) is 1. The van der Waals surface area contributed by atoms with Gasteiger partial charge in [0, 0.05) is 31.1 Å². The number of amides is 1. The molecule has 4 nitrogen and oxygen atoms in total. The molecule has 0 spiro atoms. The summed E-state index contributed by atoms with van der Waals surface area (Å²) >= 11 is 0. The van der Waals surface area contributed by atoms with Gasteiger partial charge in [-0.25, -0.2) is 0 Å². The van der Waals surface area contributed by atoms with Crippen LogP contribution in [0.5, 0.6) is 0 Å². The van der Waals surface area contributed by atoms with Crippen molar-refractivity contribution < 1.29 is 9.90 Å². The van der Waals surface area contributed by atoms with Crippen molar-refractivity contribution in [3.8, 4) is 0 Å². The van der Waals surface area contributed by atoms with Crippen LogP contribution in [-0.2, 0) is 4.79 Å². The molecule has 18 heavy (non-hydrogen) atoms. The lowest BCUT2D eigenvalue weighted by molar-refractivity contribution is -0.117. The summed E-state index contributed by atoms with van der Waals surface area (Å²) in [5, 5.41) is 11.8. The van der Waals surface area contributed by atoms with Gasteiger partial charge in [0.25, 0.3) is 0 Å². The van der Waals surface area contributed by atoms with E-state index in [0.29, 0.717) is 12.3 Å². The minimum absolute atomic E-state index is 0.000971. The maximum atomic E-state index is 11.7. The maximum absolute atomic E-state index is 11.7. The van der Waals surface area contributed by atoms with Gasteiger partial charge in [-0.15, -0.1) is 0 Å². The first-order valence-corrected chi connectivity index (χ1v) is 6.13. The number of hydrogen-bond donors (Lipinski definition) is 2. The monoisotopic (exact) mass is 248 g/mol. The van der Waals surface area contributed by atoms with E-state index in [4.69, 9.17) is 5.11 Å². The SMILES string of the molecule is CC(C)C(CCO)NC(=O)/C=C/c1cccnc1. The number of nitrogens with zero attached hydrogens (tertiary/aromatic N) is 1. The van der Waals surface area contributed by atoms with E-state index in [0.717, 1.165) is 5.56 Å². The highest BCUT2D eigenvalue weighted by Crippen LogP contribution is 2.06. The molecule has 1 aromatic rings. The van der Waals surface area contributed by atoms with Gasteiger partial charge >= 0.3 is 0 Å². The van der Waals surface area contributed by atoms with E-state index in [1.165, 1.54) is 6.08 Å². The molecule has 1 rings (SSSR count). The lowest BCUT2D eigenvalue weighted by Gasteiger charge is -2.20. The number of carbonyl (C=O) groups is 1. The number of rotatable bonds is 6. The van der Waals surface area contributed by atoms with Crippen LogP contribution in [0.3, 0.4) is 0 Å². The molecule has 0 aliphatic carbocycles. The van der Waals surface area contributed by atoms with Crippen molar-refractivity contribution in [3.63, 3.8) is 0 Å². The van der Waals surface area contributed by atoms with Crippen LogP contribution >= 0.6 is 0 Å². The van der Waals surface area contributed by atoms with E-state index in [9.17, 15) is 4.79 Å². The van der Waals surface area contributed by atoms with Gasteiger partial charge in [-0.2, -0.15) is 0 Å². The van der Waals surface area contributed by atoms with Gasteiger partial charge in [0.1, 0.15) is 0 Å². The zero-order chi connectivity index (χ0) is 13.4. The average molecular weight is 248 g/mol. The quantitative estimate of drug-likeness (QED) is 0.752. The van der Waals surface area contributed by atoms with Gasteiger partial charge in [-0.1, -0.05) is 19.9 Å². The summed E-state index contributed by atoms with van der Waals surface area (Å²) in [6.45, 7) is 4.12. The Kier molecular flexibility index (Phi) is 6.08. The van der Waals surface area contributed by atoms with E-state index in [1.807, 2.05) is 26.0 Å². The topological polar surface area (TPSA) is 62.2 Å². The zero-order valence-electron chi connectivity index (χ0n) is 10.8. The summed E-state index contributed by atoms with van der Waals surface area (Å²) in [6, 6.07) is 3.70. The highest BCUT2D eigenvalue weighted by molar-refractivity contribution is 5.91. The number of carbonyl (C=O) groups excluding carboxylic acids is 1. The minimum Gasteiger partial charge on any atom is -0.396 e. The van der Waals surface area contributed by atoms with Crippen LogP contribution in [0.2, 0.25) is 0 Å².